The number of fused-ring (bicyclic) bond motifs is 3. The number of rotatable bonds is 4. The van der Waals surface area contributed by atoms with Crippen LogP contribution in [0.25, 0.3) is 5.76 Å². The summed E-state index contributed by atoms with van der Waals surface area (Å²) >= 11 is -0.132. The number of carbonyl (C=O) groups is 3. The topological polar surface area (TPSA) is 178 Å². The van der Waals surface area contributed by atoms with Crippen molar-refractivity contribution in [2.45, 2.75) is 29.4 Å². The molecule has 1 saturated carbocycles. The molecule has 7 N–H and O–H groups in total. The van der Waals surface area contributed by atoms with E-state index in [4.69, 9.17) is 5.73 Å². The number of nitrogens with two attached hydrogens (primary N) is 1. The molecule has 0 radical (unpaired) electrons. The number of benzene rings is 2. The number of Topliss-reactive ketones (excluding diaryl/α,β-unsaturated/α-hetero) is 2. The number of amides is 1. The predicted molar refractivity (Wildman–Crippen MR) is 128 cm³/mol. The van der Waals surface area contributed by atoms with E-state index >= 15 is 0 Å². The van der Waals surface area contributed by atoms with Crippen LogP contribution in [0, 0.1) is 11.8 Å². The first kappa shape index (κ1) is 24.3. The van der Waals surface area contributed by atoms with Crippen LogP contribution < -0.4 is 10.2 Å². The molecule has 0 aliphatic heterocycles. The third kappa shape index (κ3) is 3.33. The molecular formula is C26H23NO8Se. The number of primary amides is 1. The first-order valence-corrected chi connectivity index (χ1v) is 13.3. The Bertz CT molecular complexity index is 1370. The first-order valence-electron chi connectivity index (χ1n) is 11.2. The maximum absolute atomic E-state index is 13.8. The second kappa shape index (κ2) is 8.60. The molecule has 3 aliphatic rings. The fourth-order valence-corrected chi connectivity index (χ4v) is 8.00. The van der Waals surface area contributed by atoms with Gasteiger partial charge in [-0.3, -0.25) is 0 Å². The van der Waals surface area contributed by atoms with E-state index in [1.807, 2.05) is 30.3 Å². The van der Waals surface area contributed by atoms with E-state index in [1.165, 1.54) is 6.07 Å². The summed E-state index contributed by atoms with van der Waals surface area (Å²) in [5, 5.41) is 55.9. The van der Waals surface area contributed by atoms with Gasteiger partial charge in [0.1, 0.15) is 0 Å². The number of ketones is 2. The quantitative estimate of drug-likeness (QED) is 0.231. The summed E-state index contributed by atoms with van der Waals surface area (Å²) in [5.74, 6) is -8.55. The third-order valence-electron chi connectivity index (χ3n) is 7.34. The molecule has 0 bridgehead atoms. The number of phenols is 1. The van der Waals surface area contributed by atoms with Gasteiger partial charge in [-0.25, -0.2) is 0 Å². The number of phenolic OH excluding ortho intramolecular Hbond substituents is 1. The normalized spacial score (nSPS) is 29.5. The fraction of sp³-hybridized carbons (Fsp3) is 0.269. The van der Waals surface area contributed by atoms with Crippen LogP contribution in [0.2, 0.25) is 5.32 Å². The van der Waals surface area contributed by atoms with Crippen LogP contribution in [0.3, 0.4) is 0 Å². The number of aromatic hydroxyl groups is 1. The van der Waals surface area contributed by atoms with Gasteiger partial charge in [-0.05, 0) is 0 Å². The molecule has 0 spiro atoms. The molecule has 9 nitrogen and oxygen atoms in total. The molecule has 0 unspecified atom stereocenters. The Morgan fingerprint density at radius 3 is 2.42 bits per heavy atom. The van der Waals surface area contributed by atoms with Gasteiger partial charge in [0.25, 0.3) is 0 Å². The molecule has 5 rings (SSSR count). The fourth-order valence-electron chi connectivity index (χ4n) is 5.68. The minimum atomic E-state index is -2.84. The van der Waals surface area contributed by atoms with Gasteiger partial charge in [-0.2, -0.15) is 0 Å². The van der Waals surface area contributed by atoms with Crippen molar-refractivity contribution in [2.75, 3.05) is 0 Å². The van der Waals surface area contributed by atoms with E-state index in [0.29, 0.717) is 10.9 Å². The molecule has 2 aromatic carbocycles. The molecule has 10 heteroatoms. The van der Waals surface area contributed by atoms with Crippen molar-refractivity contribution in [3.8, 4) is 5.75 Å². The molecule has 186 valence electrons. The van der Waals surface area contributed by atoms with Crippen molar-refractivity contribution in [3.63, 3.8) is 0 Å². The van der Waals surface area contributed by atoms with E-state index in [0.717, 1.165) is 4.46 Å². The monoisotopic (exact) mass is 557 g/mol. The summed E-state index contributed by atoms with van der Waals surface area (Å²) in [6.07, 6.45) is -2.14. The zero-order valence-corrected chi connectivity index (χ0v) is 20.5. The molecule has 0 saturated heterocycles. The average molecular weight is 556 g/mol. The summed E-state index contributed by atoms with van der Waals surface area (Å²) in [5.41, 5.74) is 1.63. The van der Waals surface area contributed by atoms with Crippen molar-refractivity contribution in [3.05, 3.63) is 76.6 Å². The number of aliphatic hydroxyl groups is 4. The van der Waals surface area contributed by atoms with E-state index in [1.54, 1.807) is 12.1 Å². The van der Waals surface area contributed by atoms with E-state index < -0.39 is 70.4 Å². The van der Waals surface area contributed by atoms with Crippen LogP contribution in [0.15, 0.2) is 65.4 Å². The molecule has 5 atom stereocenters. The molecule has 0 aromatic heterocycles. The van der Waals surface area contributed by atoms with Crippen LogP contribution in [0.5, 0.6) is 5.75 Å². The summed E-state index contributed by atoms with van der Waals surface area (Å²) < 4.78 is 1.06. The second-order valence-electron chi connectivity index (χ2n) is 9.17. The summed E-state index contributed by atoms with van der Waals surface area (Å²) in [6.45, 7) is 0. The molecule has 1 fully saturated rings. The zero-order valence-electron chi connectivity index (χ0n) is 18.8. The third-order valence-corrected chi connectivity index (χ3v) is 9.72. The first-order chi connectivity index (χ1) is 17.1. The Hall–Kier alpha value is -3.43. The Labute approximate surface area is 211 Å². The number of aliphatic hydroxyl groups excluding tert-OH is 3. The molecule has 1 amide bonds. The molecule has 0 heterocycles. The molecule has 3 aliphatic carbocycles. The van der Waals surface area contributed by atoms with Crippen molar-refractivity contribution < 1.29 is 39.9 Å². The Balaban J connectivity index is 1.70. The summed E-state index contributed by atoms with van der Waals surface area (Å²) in [4.78, 5) is 38.2. The van der Waals surface area contributed by atoms with Gasteiger partial charge in [0.15, 0.2) is 0 Å². The van der Waals surface area contributed by atoms with Gasteiger partial charge in [-0.15, -0.1) is 0 Å². The molecule has 36 heavy (non-hydrogen) atoms. The summed E-state index contributed by atoms with van der Waals surface area (Å²) in [6, 6.07) is 14.2. The zero-order chi connectivity index (χ0) is 25.9. The second-order valence-corrected chi connectivity index (χ2v) is 11.5. The van der Waals surface area contributed by atoms with Crippen LogP contribution in [0.1, 0.15) is 23.5 Å². The Kier molecular flexibility index (Phi) is 5.80. The number of hydrogen-bond donors (Lipinski definition) is 6. The SMILES string of the molecule is NC(=O)C1=C(O)[C@@]2(O)C(=O)C3=C(O)c4c(O)cccc4[C@H](C[Se]c4ccccc4)[C@H]3[C@H](O)[C@H]2CC1=O. The Morgan fingerprint density at radius 2 is 1.75 bits per heavy atom. The minimum absolute atomic E-state index is 0.00527. The number of hydrogen-bond acceptors (Lipinski definition) is 8. The van der Waals surface area contributed by atoms with Crippen molar-refractivity contribution in [2.24, 2.45) is 17.6 Å². The van der Waals surface area contributed by atoms with Crippen molar-refractivity contribution in [1.82, 2.24) is 0 Å². The maximum atomic E-state index is 13.8. The van der Waals surface area contributed by atoms with Crippen LogP contribution >= 0.6 is 0 Å². The van der Waals surface area contributed by atoms with Crippen molar-refractivity contribution >= 4 is 42.7 Å². The standard InChI is InChI=1S/C26H23NO8Se/c27-25(34)19-16(29)9-14-21(30)18-13(10-36-11-5-2-1-3-6-11)12-7-4-8-15(28)17(12)22(31)20(18)24(33)26(14,35)23(19)32/h1-8,13-14,18,21,28,30-32,35H,9-10H2,(H2,27,34)/t13-,14+,18+,21+,26+/m0/s1. The predicted octanol–water partition coefficient (Wildman–Crippen LogP) is 0.384. The van der Waals surface area contributed by atoms with E-state index in [-0.39, 0.29) is 31.8 Å². The number of carbonyl (C=O) groups excluding carboxylic acids is 3. The van der Waals surface area contributed by atoms with E-state index in [2.05, 4.69) is 0 Å². The van der Waals surface area contributed by atoms with Crippen molar-refractivity contribution in [1.29, 1.82) is 0 Å². The summed E-state index contributed by atoms with van der Waals surface area (Å²) in [7, 11) is 0. The molecular weight excluding hydrogens is 533 g/mol. The molecule has 2 aromatic rings. The average Bonchev–Trinajstić information content (AvgIpc) is 2.84. The van der Waals surface area contributed by atoms with Gasteiger partial charge in [0, 0.05) is 0 Å². The van der Waals surface area contributed by atoms with Gasteiger partial charge < -0.3 is 0 Å². The van der Waals surface area contributed by atoms with Gasteiger partial charge in [0.05, 0.1) is 0 Å². The Morgan fingerprint density at radius 1 is 1.06 bits per heavy atom. The van der Waals surface area contributed by atoms with Crippen LogP contribution in [-0.2, 0) is 14.4 Å². The van der Waals surface area contributed by atoms with Crippen LogP contribution in [0.4, 0.5) is 0 Å². The van der Waals surface area contributed by atoms with Crippen LogP contribution in [-0.4, -0.2) is 69.7 Å². The van der Waals surface area contributed by atoms with E-state index in [9.17, 15) is 39.9 Å². The van der Waals surface area contributed by atoms with Gasteiger partial charge >= 0.3 is 212 Å². The van der Waals surface area contributed by atoms with Gasteiger partial charge in [0.2, 0.25) is 0 Å². The van der Waals surface area contributed by atoms with Gasteiger partial charge in [-0.1, -0.05) is 0 Å².